The molecule has 3 aromatic rings. The van der Waals surface area contributed by atoms with E-state index < -0.39 is 0 Å². The first kappa shape index (κ1) is 15.7. The second-order valence-corrected chi connectivity index (χ2v) is 6.21. The van der Waals surface area contributed by atoms with Crippen LogP contribution in [0.15, 0.2) is 71.1 Å². The van der Waals surface area contributed by atoms with Gasteiger partial charge >= 0.3 is 0 Å². The molecule has 124 valence electrons. The number of ether oxygens (including phenoxy) is 1. The van der Waals surface area contributed by atoms with Gasteiger partial charge < -0.3 is 9.15 Å². The smallest absolute Gasteiger partial charge is 0.134 e. The largest absolute Gasteiger partial charge is 0.461 e. The minimum Gasteiger partial charge on any atom is -0.461 e. The molecule has 2 heteroatoms. The van der Waals surface area contributed by atoms with Gasteiger partial charge in [0, 0.05) is 23.1 Å². The Bertz CT molecular complexity index is 882. The molecule has 1 aliphatic carbocycles. The van der Waals surface area contributed by atoms with E-state index in [1.54, 1.807) is 0 Å². The Morgan fingerprint density at radius 2 is 1.76 bits per heavy atom. The molecular weight excluding hydrogens is 308 g/mol. The Balaban J connectivity index is 1.47. The third-order valence-corrected chi connectivity index (χ3v) is 4.48. The van der Waals surface area contributed by atoms with Crippen LogP contribution in [0.2, 0.25) is 0 Å². The maximum absolute atomic E-state index is 6.08. The summed E-state index contributed by atoms with van der Waals surface area (Å²) >= 11 is 0. The van der Waals surface area contributed by atoms with Crippen molar-refractivity contribution in [2.24, 2.45) is 0 Å². The van der Waals surface area contributed by atoms with Crippen LogP contribution in [-0.4, -0.2) is 6.61 Å². The van der Waals surface area contributed by atoms with Crippen LogP contribution in [0.3, 0.4) is 0 Å². The van der Waals surface area contributed by atoms with Crippen LogP contribution in [0, 0.1) is 11.8 Å². The number of hydrogen-bond donors (Lipinski definition) is 0. The average molecular weight is 328 g/mol. The van der Waals surface area contributed by atoms with Crippen LogP contribution in [-0.2, 0) is 11.2 Å². The van der Waals surface area contributed by atoms with E-state index in [1.807, 2.05) is 48.5 Å². The molecule has 2 nitrogen and oxygen atoms in total. The molecule has 1 aromatic heterocycles. The number of benzene rings is 2. The molecule has 2 aromatic carbocycles. The molecule has 0 N–H and O–H groups in total. The van der Waals surface area contributed by atoms with Crippen molar-refractivity contribution in [1.82, 2.24) is 0 Å². The van der Waals surface area contributed by atoms with Crippen LogP contribution in [0.5, 0.6) is 0 Å². The summed E-state index contributed by atoms with van der Waals surface area (Å²) in [6, 6.07) is 22.4. The van der Waals surface area contributed by atoms with Crippen molar-refractivity contribution in [3.63, 3.8) is 0 Å². The van der Waals surface area contributed by atoms with Crippen molar-refractivity contribution < 1.29 is 9.15 Å². The topological polar surface area (TPSA) is 22.4 Å². The molecular formula is C23H20O2. The molecule has 1 aliphatic rings. The first-order chi connectivity index (χ1) is 12.4. The quantitative estimate of drug-likeness (QED) is 0.601. The second kappa shape index (κ2) is 7.42. The van der Waals surface area contributed by atoms with Gasteiger partial charge in [-0.25, -0.2) is 0 Å². The summed E-state index contributed by atoms with van der Waals surface area (Å²) in [5.41, 5.74) is 3.32. The number of fused-ring (bicyclic) bond motifs is 1. The molecule has 0 aliphatic heterocycles. The monoisotopic (exact) mass is 328 g/mol. The maximum Gasteiger partial charge on any atom is 0.134 e. The molecule has 1 atom stereocenters. The van der Waals surface area contributed by atoms with Crippen molar-refractivity contribution >= 4 is 0 Å². The van der Waals surface area contributed by atoms with Crippen LogP contribution in [0.1, 0.15) is 35.8 Å². The molecule has 0 saturated heterocycles. The minimum absolute atomic E-state index is 0.0787. The van der Waals surface area contributed by atoms with Crippen LogP contribution < -0.4 is 0 Å². The zero-order chi connectivity index (χ0) is 16.9. The Kier molecular flexibility index (Phi) is 4.68. The van der Waals surface area contributed by atoms with Crippen molar-refractivity contribution in [2.45, 2.75) is 25.4 Å². The number of aryl methyl sites for hydroxylation is 1. The molecule has 0 saturated carbocycles. The van der Waals surface area contributed by atoms with E-state index in [2.05, 4.69) is 30.0 Å². The van der Waals surface area contributed by atoms with Gasteiger partial charge in [0.1, 0.15) is 18.1 Å². The fraction of sp³-hybridized carbons (Fsp3) is 0.217. The van der Waals surface area contributed by atoms with E-state index in [0.29, 0.717) is 6.61 Å². The first-order valence-corrected chi connectivity index (χ1v) is 8.74. The summed E-state index contributed by atoms with van der Waals surface area (Å²) in [4.78, 5) is 0. The van der Waals surface area contributed by atoms with Crippen molar-refractivity contribution in [1.29, 1.82) is 0 Å². The Morgan fingerprint density at radius 1 is 1.00 bits per heavy atom. The van der Waals surface area contributed by atoms with Crippen molar-refractivity contribution in [3.05, 3.63) is 83.6 Å². The van der Waals surface area contributed by atoms with Gasteiger partial charge in [-0.1, -0.05) is 60.4 Å². The summed E-state index contributed by atoms with van der Waals surface area (Å²) in [5.74, 6) is 8.24. The number of furan rings is 1. The standard InChI is InChI=1S/C23H20O2/c1-3-9-18(10-4-1)11-8-16-24-21-14-7-15-22-20(21)17-23(25-22)19-12-5-2-6-13-19/h1-6,9-10,12-13,17,21H,7,14-16H2. The summed E-state index contributed by atoms with van der Waals surface area (Å²) in [5, 5.41) is 0. The minimum atomic E-state index is 0.0787. The van der Waals surface area contributed by atoms with Crippen LogP contribution in [0.25, 0.3) is 11.3 Å². The zero-order valence-electron chi connectivity index (χ0n) is 14.1. The second-order valence-electron chi connectivity index (χ2n) is 6.21. The molecule has 4 rings (SSSR count). The maximum atomic E-state index is 6.08. The summed E-state index contributed by atoms with van der Waals surface area (Å²) < 4.78 is 12.1. The average Bonchev–Trinajstić information content (AvgIpc) is 3.12. The van der Waals surface area contributed by atoms with E-state index in [4.69, 9.17) is 9.15 Å². The highest BCUT2D eigenvalue weighted by Crippen LogP contribution is 2.37. The van der Waals surface area contributed by atoms with Crippen LogP contribution in [0.4, 0.5) is 0 Å². The molecule has 0 bridgehead atoms. The summed E-state index contributed by atoms with van der Waals surface area (Å²) in [7, 11) is 0. The lowest BCUT2D eigenvalue weighted by Crippen LogP contribution is -2.11. The highest BCUT2D eigenvalue weighted by atomic mass is 16.5. The van der Waals surface area contributed by atoms with Gasteiger partial charge in [-0.05, 0) is 31.0 Å². The van der Waals surface area contributed by atoms with Crippen molar-refractivity contribution in [2.75, 3.05) is 6.61 Å². The SMILES string of the molecule is C(#Cc1ccccc1)COC1CCCc2oc(-c3ccccc3)cc21. The molecule has 0 amide bonds. The van der Waals surface area contributed by atoms with Gasteiger partial charge in [0.05, 0.1) is 6.10 Å². The van der Waals surface area contributed by atoms with E-state index in [9.17, 15) is 0 Å². The van der Waals surface area contributed by atoms with E-state index in [0.717, 1.165) is 41.9 Å². The molecule has 0 fully saturated rings. The van der Waals surface area contributed by atoms with Crippen molar-refractivity contribution in [3.8, 4) is 23.2 Å². The van der Waals surface area contributed by atoms with E-state index >= 15 is 0 Å². The summed E-state index contributed by atoms with van der Waals surface area (Å²) in [6.45, 7) is 0.435. The Hall–Kier alpha value is -2.76. The third kappa shape index (κ3) is 3.68. The fourth-order valence-corrected chi connectivity index (χ4v) is 3.23. The third-order valence-electron chi connectivity index (χ3n) is 4.48. The predicted octanol–water partition coefficient (Wildman–Crippen LogP) is 5.39. The van der Waals surface area contributed by atoms with E-state index in [1.165, 1.54) is 5.56 Å². The highest BCUT2D eigenvalue weighted by Gasteiger charge is 2.25. The van der Waals surface area contributed by atoms with Gasteiger partial charge in [-0.2, -0.15) is 0 Å². The highest BCUT2D eigenvalue weighted by molar-refractivity contribution is 5.59. The molecule has 25 heavy (non-hydrogen) atoms. The predicted molar refractivity (Wildman–Crippen MR) is 99.1 cm³/mol. The first-order valence-electron chi connectivity index (χ1n) is 8.74. The van der Waals surface area contributed by atoms with Gasteiger partial charge in [0.2, 0.25) is 0 Å². The summed E-state index contributed by atoms with van der Waals surface area (Å²) in [6.07, 6.45) is 3.17. The van der Waals surface area contributed by atoms with Gasteiger partial charge in [-0.3, -0.25) is 0 Å². The lowest BCUT2D eigenvalue weighted by Gasteiger charge is -2.20. The lowest BCUT2D eigenvalue weighted by molar-refractivity contribution is 0.0624. The Morgan fingerprint density at radius 3 is 2.56 bits per heavy atom. The molecule has 0 spiro atoms. The fourth-order valence-electron chi connectivity index (χ4n) is 3.23. The normalized spacial score (nSPS) is 15.9. The van der Waals surface area contributed by atoms with Gasteiger partial charge in [0.25, 0.3) is 0 Å². The van der Waals surface area contributed by atoms with Gasteiger partial charge in [-0.15, -0.1) is 0 Å². The molecule has 1 unspecified atom stereocenters. The lowest BCUT2D eigenvalue weighted by atomic mass is 9.95. The number of hydrogen-bond acceptors (Lipinski definition) is 2. The molecule has 0 radical (unpaired) electrons. The van der Waals surface area contributed by atoms with E-state index in [-0.39, 0.29) is 6.10 Å². The van der Waals surface area contributed by atoms with Crippen LogP contribution >= 0.6 is 0 Å². The zero-order valence-corrected chi connectivity index (χ0v) is 14.1. The van der Waals surface area contributed by atoms with Gasteiger partial charge in [0.15, 0.2) is 0 Å². The molecule has 1 heterocycles. The number of rotatable bonds is 3. The Labute approximate surface area is 148 Å².